The molecule has 1 rings (SSSR count). The van der Waals surface area contributed by atoms with Crippen LogP contribution in [0.3, 0.4) is 0 Å². The molecule has 1 N–H and O–H groups in total. The maximum Gasteiger partial charge on any atom is 0.337 e. The van der Waals surface area contributed by atoms with Gasteiger partial charge in [0.1, 0.15) is 0 Å². The topological polar surface area (TPSA) is 50.2 Å². The lowest BCUT2D eigenvalue weighted by atomic mass is 10.3. The molecule has 0 aliphatic rings. The molecule has 0 saturated carbocycles. The van der Waals surface area contributed by atoms with E-state index < -0.39 is 5.97 Å². The lowest BCUT2D eigenvalue weighted by Gasteiger charge is -1.97. The van der Waals surface area contributed by atoms with Crippen molar-refractivity contribution >= 4 is 17.7 Å². The smallest absolute Gasteiger partial charge is 0.337 e. The van der Waals surface area contributed by atoms with Gasteiger partial charge in [0, 0.05) is 11.9 Å². The van der Waals surface area contributed by atoms with Crippen LogP contribution in [0, 0.1) is 0 Å². The van der Waals surface area contributed by atoms with Crippen LogP contribution in [0.1, 0.15) is 17.3 Å². The Morgan fingerprint density at radius 1 is 1.64 bits per heavy atom. The zero-order valence-electron chi connectivity index (χ0n) is 7.80. The van der Waals surface area contributed by atoms with Gasteiger partial charge >= 0.3 is 5.97 Å². The molecule has 0 unspecified atom stereocenters. The van der Waals surface area contributed by atoms with Crippen molar-refractivity contribution in [3.63, 3.8) is 0 Å². The van der Waals surface area contributed by atoms with Gasteiger partial charge in [-0.15, -0.1) is 11.8 Å². The number of carbonyl (C=O) groups is 1. The van der Waals surface area contributed by atoms with Crippen LogP contribution in [-0.4, -0.2) is 21.8 Å². The minimum absolute atomic E-state index is 0.223. The Kier molecular flexibility index (Phi) is 4.19. The number of hydrogen-bond donors (Lipinski definition) is 1. The Hall–Kier alpha value is -1.29. The number of nitrogens with zero attached hydrogens (tertiary/aromatic N) is 1. The van der Waals surface area contributed by atoms with Crippen LogP contribution in [0.5, 0.6) is 0 Å². The fourth-order valence-corrected chi connectivity index (χ4v) is 1.57. The van der Waals surface area contributed by atoms with E-state index in [2.05, 4.69) is 4.98 Å². The Morgan fingerprint density at radius 3 is 2.93 bits per heavy atom. The van der Waals surface area contributed by atoms with Gasteiger partial charge in [0.2, 0.25) is 0 Å². The summed E-state index contributed by atoms with van der Waals surface area (Å²) in [5.74, 6) is -0.0851. The fourth-order valence-electron chi connectivity index (χ4n) is 0.822. The fraction of sp³-hybridized carbons (Fsp3) is 0.200. The zero-order valence-corrected chi connectivity index (χ0v) is 8.62. The molecule has 1 aromatic heterocycles. The van der Waals surface area contributed by atoms with E-state index in [1.165, 1.54) is 6.20 Å². The molecule has 0 aromatic carbocycles. The molecule has 14 heavy (non-hydrogen) atoms. The summed E-state index contributed by atoms with van der Waals surface area (Å²) in [6, 6.07) is 3.28. The summed E-state index contributed by atoms with van der Waals surface area (Å²) in [7, 11) is 0. The summed E-state index contributed by atoms with van der Waals surface area (Å²) in [5, 5.41) is 9.47. The van der Waals surface area contributed by atoms with Gasteiger partial charge in [-0.2, -0.15) is 0 Å². The summed E-state index contributed by atoms with van der Waals surface area (Å²) in [5.41, 5.74) is 0.223. The Bertz CT molecular complexity index is 332. The number of aromatic nitrogens is 1. The van der Waals surface area contributed by atoms with Gasteiger partial charge < -0.3 is 5.11 Å². The predicted molar refractivity (Wildman–Crippen MR) is 56.7 cm³/mol. The van der Waals surface area contributed by atoms with E-state index in [4.69, 9.17) is 5.11 Å². The predicted octanol–water partition coefficient (Wildman–Crippen LogP) is 2.45. The lowest BCUT2D eigenvalue weighted by Crippen LogP contribution is -1.96. The Balaban J connectivity index is 2.59. The molecule has 0 saturated heterocycles. The van der Waals surface area contributed by atoms with E-state index in [0.717, 1.165) is 10.8 Å². The van der Waals surface area contributed by atoms with E-state index in [9.17, 15) is 4.79 Å². The minimum atomic E-state index is -0.942. The van der Waals surface area contributed by atoms with E-state index in [1.807, 2.05) is 19.1 Å². The van der Waals surface area contributed by atoms with Crippen molar-refractivity contribution in [2.45, 2.75) is 11.9 Å². The molecule has 0 fully saturated rings. The highest BCUT2D eigenvalue weighted by Gasteiger charge is 2.02. The normalized spacial score (nSPS) is 10.6. The SMILES string of the molecule is C/C=C/CSc1ccc(C(=O)O)cn1. The van der Waals surface area contributed by atoms with Gasteiger partial charge in [-0.25, -0.2) is 9.78 Å². The summed E-state index contributed by atoms with van der Waals surface area (Å²) >= 11 is 1.57. The van der Waals surface area contributed by atoms with Crippen molar-refractivity contribution in [1.29, 1.82) is 0 Å². The average Bonchev–Trinajstić information content (AvgIpc) is 2.19. The molecular weight excluding hydrogens is 198 g/mol. The quantitative estimate of drug-likeness (QED) is 0.611. The van der Waals surface area contributed by atoms with Crippen molar-refractivity contribution in [1.82, 2.24) is 4.98 Å². The third-order valence-corrected chi connectivity index (χ3v) is 2.44. The van der Waals surface area contributed by atoms with E-state index in [0.29, 0.717) is 0 Å². The molecule has 4 heteroatoms. The first-order valence-corrected chi connectivity index (χ1v) is 5.16. The maximum atomic E-state index is 10.5. The van der Waals surface area contributed by atoms with Crippen LogP contribution in [0.2, 0.25) is 0 Å². The van der Waals surface area contributed by atoms with Gasteiger partial charge in [-0.1, -0.05) is 12.2 Å². The zero-order chi connectivity index (χ0) is 10.4. The molecule has 1 heterocycles. The minimum Gasteiger partial charge on any atom is -0.478 e. The third-order valence-electron chi connectivity index (χ3n) is 1.55. The van der Waals surface area contributed by atoms with Crippen molar-refractivity contribution in [2.75, 3.05) is 5.75 Å². The van der Waals surface area contributed by atoms with Crippen LogP contribution < -0.4 is 0 Å². The van der Waals surface area contributed by atoms with Crippen molar-refractivity contribution in [2.24, 2.45) is 0 Å². The van der Waals surface area contributed by atoms with E-state index >= 15 is 0 Å². The molecule has 0 aliphatic carbocycles. The number of hydrogen-bond acceptors (Lipinski definition) is 3. The lowest BCUT2D eigenvalue weighted by molar-refractivity contribution is 0.0696. The second-order valence-corrected chi connectivity index (χ2v) is 3.61. The molecule has 0 aliphatic heterocycles. The number of pyridine rings is 1. The van der Waals surface area contributed by atoms with Gasteiger partial charge in [0.05, 0.1) is 10.6 Å². The highest BCUT2D eigenvalue weighted by atomic mass is 32.2. The van der Waals surface area contributed by atoms with E-state index in [1.54, 1.807) is 23.9 Å². The Morgan fingerprint density at radius 2 is 2.43 bits per heavy atom. The Labute approximate surface area is 86.9 Å². The largest absolute Gasteiger partial charge is 0.478 e. The highest BCUT2D eigenvalue weighted by Crippen LogP contribution is 2.15. The van der Waals surface area contributed by atoms with Gasteiger partial charge in [-0.3, -0.25) is 0 Å². The number of aromatic carboxylic acids is 1. The number of carboxylic acid groups (broad SMARTS) is 1. The number of carboxylic acids is 1. The second-order valence-electron chi connectivity index (χ2n) is 2.57. The van der Waals surface area contributed by atoms with Crippen LogP contribution in [0.25, 0.3) is 0 Å². The third kappa shape index (κ3) is 3.22. The molecule has 1 aromatic rings. The van der Waals surface area contributed by atoms with Crippen molar-refractivity contribution in [3.05, 3.63) is 36.0 Å². The number of thioether (sulfide) groups is 1. The summed E-state index contributed by atoms with van der Waals surface area (Å²) in [4.78, 5) is 14.5. The molecule has 0 radical (unpaired) electrons. The molecule has 0 bridgehead atoms. The average molecular weight is 209 g/mol. The molecule has 3 nitrogen and oxygen atoms in total. The summed E-state index contributed by atoms with van der Waals surface area (Å²) in [6.45, 7) is 1.96. The number of rotatable bonds is 4. The van der Waals surface area contributed by atoms with Gasteiger partial charge in [-0.05, 0) is 19.1 Å². The highest BCUT2D eigenvalue weighted by molar-refractivity contribution is 7.99. The summed E-state index contributed by atoms with van der Waals surface area (Å²) < 4.78 is 0. The first kappa shape index (κ1) is 10.8. The molecule has 0 spiro atoms. The number of allylic oxidation sites excluding steroid dienone is 1. The van der Waals surface area contributed by atoms with E-state index in [-0.39, 0.29) is 5.56 Å². The molecule has 0 atom stereocenters. The first-order valence-electron chi connectivity index (χ1n) is 4.17. The standard InChI is InChI=1S/C10H11NO2S/c1-2-3-6-14-9-5-4-8(7-11-9)10(12)13/h2-5,7H,6H2,1H3,(H,12,13)/b3-2+. The van der Waals surface area contributed by atoms with Crippen LogP contribution in [0.4, 0.5) is 0 Å². The van der Waals surface area contributed by atoms with Crippen LogP contribution >= 0.6 is 11.8 Å². The molecule has 74 valence electrons. The van der Waals surface area contributed by atoms with Crippen molar-refractivity contribution < 1.29 is 9.90 Å². The van der Waals surface area contributed by atoms with Crippen LogP contribution in [0.15, 0.2) is 35.5 Å². The second kappa shape index (κ2) is 5.44. The monoisotopic (exact) mass is 209 g/mol. The molecular formula is C10H11NO2S. The first-order chi connectivity index (χ1) is 6.74. The maximum absolute atomic E-state index is 10.5. The summed E-state index contributed by atoms with van der Waals surface area (Å²) in [6.07, 6.45) is 5.37. The van der Waals surface area contributed by atoms with Gasteiger partial charge in [0.25, 0.3) is 0 Å². The van der Waals surface area contributed by atoms with Crippen molar-refractivity contribution in [3.8, 4) is 0 Å². The molecule has 0 amide bonds. The van der Waals surface area contributed by atoms with Crippen LogP contribution in [-0.2, 0) is 0 Å². The van der Waals surface area contributed by atoms with Gasteiger partial charge in [0.15, 0.2) is 0 Å².